The Labute approximate surface area is 217 Å². The first-order valence-electron chi connectivity index (χ1n) is 11.0. The van der Waals surface area contributed by atoms with Gasteiger partial charge in [-0.25, -0.2) is 0 Å². The summed E-state index contributed by atoms with van der Waals surface area (Å²) in [5, 5.41) is 0.400. The van der Waals surface area contributed by atoms with E-state index in [4.69, 9.17) is 40.0 Å². The summed E-state index contributed by atoms with van der Waals surface area (Å²) < 4.78 is 31.6. The van der Waals surface area contributed by atoms with E-state index in [9.17, 15) is 4.79 Å². The summed E-state index contributed by atoms with van der Waals surface area (Å²) >= 11 is 6.20. The van der Waals surface area contributed by atoms with Crippen LogP contribution in [0.15, 0.2) is 36.4 Å². The Morgan fingerprint density at radius 1 is 0.611 bits per heavy atom. The molecule has 0 heterocycles. The van der Waals surface area contributed by atoms with E-state index in [2.05, 4.69) is 0 Å². The molecular weight excluding hydrogens is 484 g/mol. The van der Waals surface area contributed by atoms with Gasteiger partial charge in [0.15, 0.2) is 28.8 Å². The molecule has 3 aromatic carbocycles. The van der Waals surface area contributed by atoms with Crippen molar-refractivity contribution >= 4 is 17.4 Å². The minimum absolute atomic E-state index is 0.214. The van der Waals surface area contributed by atoms with E-state index in [-0.39, 0.29) is 5.78 Å². The maximum atomic E-state index is 13.0. The lowest BCUT2D eigenvalue weighted by atomic mass is 9.96. The molecule has 0 fully saturated rings. The quantitative estimate of drug-likeness (QED) is 0.328. The fraction of sp³-hybridized carbons (Fsp3) is 0.321. The number of carbonyl (C=O) groups is 1. The molecule has 7 nitrogen and oxygen atoms in total. The van der Waals surface area contributed by atoms with Crippen molar-refractivity contribution in [1.29, 1.82) is 0 Å². The normalized spacial score (nSPS) is 10.1. The van der Waals surface area contributed by atoms with Crippen LogP contribution in [0, 0.1) is 20.8 Å². The van der Waals surface area contributed by atoms with Crippen molar-refractivity contribution in [2.75, 3.05) is 42.7 Å². The fourth-order valence-electron chi connectivity index (χ4n) is 3.72. The highest BCUT2D eigenvalue weighted by Gasteiger charge is 2.25. The molecule has 0 aliphatic rings. The van der Waals surface area contributed by atoms with E-state index in [1.165, 1.54) is 21.3 Å². The van der Waals surface area contributed by atoms with Gasteiger partial charge in [0.25, 0.3) is 0 Å². The van der Waals surface area contributed by atoms with Crippen molar-refractivity contribution in [1.82, 2.24) is 0 Å². The van der Waals surface area contributed by atoms with Crippen LogP contribution in [-0.4, -0.2) is 48.4 Å². The summed E-state index contributed by atoms with van der Waals surface area (Å²) in [6.45, 7) is 5.71. The summed E-state index contributed by atoms with van der Waals surface area (Å²) in [4.78, 5) is 13.0. The van der Waals surface area contributed by atoms with Crippen molar-refractivity contribution in [2.24, 2.45) is 0 Å². The average Bonchev–Trinajstić information content (AvgIpc) is 2.88. The zero-order chi connectivity index (χ0) is 27.0. The summed E-state index contributed by atoms with van der Waals surface area (Å²) in [6, 6.07) is 10.9. The lowest BCUT2D eigenvalue weighted by Gasteiger charge is -2.18. The number of rotatable bonds is 8. The van der Waals surface area contributed by atoms with Gasteiger partial charge in [0.05, 0.1) is 53.2 Å². The van der Waals surface area contributed by atoms with Crippen LogP contribution in [0.25, 0.3) is 0 Å². The molecule has 0 bridgehead atoms. The molecule has 194 valence electrons. The Balaban J connectivity index is 0.000000297. The lowest BCUT2D eigenvalue weighted by Crippen LogP contribution is -2.09. The summed E-state index contributed by atoms with van der Waals surface area (Å²) in [5.74, 6) is 3.04. The molecule has 0 aliphatic heterocycles. The van der Waals surface area contributed by atoms with E-state index in [1.54, 1.807) is 39.5 Å². The molecule has 0 spiro atoms. The van der Waals surface area contributed by atoms with Crippen LogP contribution in [0.1, 0.15) is 32.6 Å². The second kappa shape index (κ2) is 12.9. The SMILES string of the molecule is COc1cc(C)c(C(=O)c2cc(C)ccc2Cl)c(OC)c1OC.COc1cc(C)cc(OC)c1OC. The molecule has 0 saturated carbocycles. The number of benzene rings is 3. The number of ether oxygens (including phenoxy) is 6. The molecule has 0 aromatic heterocycles. The second-order valence-electron chi connectivity index (χ2n) is 7.85. The van der Waals surface area contributed by atoms with Crippen LogP contribution in [0.4, 0.5) is 0 Å². The first kappa shape index (κ1) is 28.7. The molecule has 3 rings (SSSR count). The summed E-state index contributed by atoms with van der Waals surface area (Å²) in [6.07, 6.45) is 0. The smallest absolute Gasteiger partial charge is 0.204 e. The van der Waals surface area contributed by atoms with Gasteiger partial charge in [0.1, 0.15) is 0 Å². The fourth-order valence-corrected chi connectivity index (χ4v) is 3.92. The average molecular weight is 517 g/mol. The maximum Gasteiger partial charge on any atom is 0.204 e. The predicted octanol–water partition coefficient (Wildman–Crippen LogP) is 6.23. The Morgan fingerprint density at radius 3 is 1.58 bits per heavy atom. The van der Waals surface area contributed by atoms with E-state index in [0.29, 0.717) is 50.6 Å². The van der Waals surface area contributed by atoms with E-state index < -0.39 is 0 Å². The topological polar surface area (TPSA) is 72.5 Å². The molecule has 0 radical (unpaired) electrons. The highest BCUT2D eigenvalue weighted by molar-refractivity contribution is 6.35. The first-order chi connectivity index (χ1) is 17.2. The van der Waals surface area contributed by atoms with Crippen LogP contribution in [0.5, 0.6) is 34.5 Å². The molecular formula is C28H33ClO7. The largest absolute Gasteiger partial charge is 0.493 e. The monoisotopic (exact) mass is 516 g/mol. The number of ketones is 1. The zero-order valence-electron chi connectivity index (χ0n) is 22.2. The molecule has 0 saturated heterocycles. The minimum Gasteiger partial charge on any atom is -0.493 e. The third kappa shape index (κ3) is 6.15. The molecule has 0 N–H and O–H groups in total. The molecule has 0 atom stereocenters. The number of halogens is 1. The third-order valence-electron chi connectivity index (χ3n) is 5.43. The maximum absolute atomic E-state index is 13.0. The van der Waals surface area contributed by atoms with Crippen LogP contribution in [0.2, 0.25) is 5.02 Å². The molecule has 0 amide bonds. The van der Waals surface area contributed by atoms with Gasteiger partial charge in [-0.2, -0.15) is 0 Å². The van der Waals surface area contributed by atoms with Gasteiger partial charge in [-0.3, -0.25) is 4.79 Å². The van der Waals surface area contributed by atoms with Crippen LogP contribution in [0.3, 0.4) is 0 Å². The molecule has 0 aliphatic carbocycles. The van der Waals surface area contributed by atoms with Crippen molar-refractivity contribution in [3.8, 4) is 34.5 Å². The first-order valence-corrected chi connectivity index (χ1v) is 11.4. The van der Waals surface area contributed by atoms with Crippen LogP contribution in [-0.2, 0) is 0 Å². The van der Waals surface area contributed by atoms with Gasteiger partial charge in [-0.1, -0.05) is 23.2 Å². The molecule has 3 aromatic rings. The Hall–Kier alpha value is -3.58. The Bertz CT molecular complexity index is 1200. The van der Waals surface area contributed by atoms with E-state index in [1.807, 2.05) is 39.0 Å². The summed E-state index contributed by atoms with van der Waals surface area (Å²) in [5.41, 5.74) is 3.60. The van der Waals surface area contributed by atoms with Gasteiger partial charge in [-0.15, -0.1) is 0 Å². The molecule has 36 heavy (non-hydrogen) atoms. The number of carbonyl (C=O) groups excluding carboxylic acids is 1. The van der Waals surface area contributed by atoms with Gasteiger partial charge >= 0.3 is 0 Å². The lowest BCUT2D eigenvalue weighted by molar-refractivity contribution is 0.103. The standard InChI is InChI=1S/C18H19ClO4.C10H14O3/c1-10-6-7-13(19)12(8-10)16(20)15-11(2)9-14(21-3)17(22-4)18(15)23-5;1-7-5-8(11-2)10(13-4)9(6-7)12-3/h6-9H,1-5H3;5-6H,1-4H3. The van der Waals surface area contributed by atoms with Crippen LogP contribution >= 0.6 is 11.6 Å². The summed E-state index contributed by atoms with van der Waals surface area (Å²) in [7, 11) is 9.34. The minimum atomic E-state index is -0.214. The van der Waals surface area contributed by atoms with Crippen LogP contribution < -0.4 is 28.4 Å². The number of hydrogen-bond acceptors (Lipinski definition) is 7. The zero-order valence-corrected chi connectivity index (χ0v) is 23.0. The highest BCUT2D eigenvalue weighted by Crippen LogP contribution is 2.43. The molecule has 8 heteroatoms. The highest BCUT2D eigenvalue weighted by atomic mass is 35.5. The molecule has 0 unspecified atom stereocenters. The van der Waals surface area contributed by atoms with Crippen molar-refractivity contribution in [3.63, 3.8) is 0 Å². The van der Waals surface area contributed by atoms with Gasteiger partial charge in [0.2, 0.25) is 11.5 Å². The Morgan fingerprint density at radius 2 is 1.11 bits per heavy atom. The predicted molar refractivity (Wildman–Crippen MR) is 141 cm³/mol. The number of methoxy groups -OCH3 is 6. The van der Waals surface area contributed by atoms with Gasteiger partial charge in [0, 0.05) is 5.56 Å². The van der Waals surface area contributed by atoms with Crippen molar-refractivity contribution in [2.45, 2.75) is 20.8 Å². The number of aryl methyl sites for hydroxylation is 3. The second-order valence-corrected chi connectivity index (χ2v) is 8.26. The third-order valence-corrected chi connectivity index (χ3v) is 5.76. The van der Waals surface area contributed by atoms with Crippen molar-refractivity contribution in [3.05, 3.63) is 69.2 Å². The van der Waals surface area contributed by atoms with Gasteiger partial charge in [-0.05, 0) is 62.2 Å². The van der Waals surface area contributed by atoms with Gasteiger partial charge < -0.3 is 28.4 Å². The van der Waals surface area contributed by atoms with E-state index in [0.717, 1.165) is 16.7 Å². The number of hydrogen-bond donors (Lipinski definition) is 0. The van der Waals surface area contributed by atoms with Crippen molar-refractivity contribution < 1.29 is 33.2 Å². The Kier molecular flexibility index (Phi) is 10.3. The van der Waals surface area contributed by atoms with E-state index >= 15 is 0 Å².